The Morgan fingerprint density at radius 3 is 2.73 bits per heavy atom. The third-order valence-corrected chi connectivity index (χ3v) is 2.15. The first kappa shape index (κ1) is 9.67. The lowest BCUT2D eigenvalue weighted by Gasteiger charge is -2.28. The van der Waals surface area contributed by atoms with E-state index in [1.807, 2.05) is 0 Å². The Morgan fingerprint density at radius 1 is 1.33 bits per heavy atom. The van der Waals surface area contributed by atoms with E-state index in [0.717, 1.165) is 0 Å². The van der Waals surface area contributed by atoms with Gasteiger partial charge in [-0.15, -0.1) is 0 Å². The van der Waals surface area contributed by atoms with Crippen molar-refractivity contribution >= 4 is 5.84 Å². The van der Waals surface area contributed by atoms with Gasteiger partial charge in [-0.25, -0.2) is 9.38 Å². The molecule has 5 N–H and O–H groups in total. The summed E-state index contributed by atoms with van der Waals surface area (Å²) in [6.45, 7) is 0. The molecule has 1 aromatic carbocycles. The molecule has 0 aromatic heterocycles. The molecule has 15 heavy (non-hydrogen) atoms. The van der Waals surface area contributed by atoms with E-state index in [9.17, 15) is 4.39 Å². The van der Waals surface area contributed by atoms with E-state index in [1.165, 1.54) is 6.07 Å². The summed E-state index contributed by atoms with van der Waals surface area (Å²) < 4.78 is 13.5. The van der Waals surface area contributed by atoms with Gasteiger partial charge < -0.3 is 11.1 Å². The molecular formula is C10H11FN4. The third-order valence-electron chi connectivity index (χ3n) is 2.15. The number of nitrogens with one attached hydrogen (secondary N) is 1. The Kier molecular flexibility index (Phi) is 2.17. The highest BCUT2D eigenvalue weighted by Crippen LogP contribution is 2.21. The van der Waals surface area contributed by atoms with Crippen molar-refractivity contribution in [3.8, 4) is 0 Å². The highest BCUT2D eigenvalue weighted by molar-refractivity contribution is 5.92. The molecule has 0 aliphatic carbocycles. The quantitative estimate of drug-likeness (QED) is 0.621. The molecule has 1 aliphatic heterocycles. The first-order valence-electron chi connectivity index (χ1n) is 4.45. The van der Waals surface area contributed by atoms with Gasteiger partial charge in [-0.3, -0.25) is 5.73 Å². The summed E-state index contributed by atoms with van der Waals surface area (Å²) in [7, 11) is 0. The topological polar surface area (TPSA) is 76.4 Å². The molecule has 0 fully saturated rings. The van der Waals surface area contributed by atoms with Crippen molar-refractivity contribution < 1.29 is 4.39 Å². The van der Waals surface area contributed by atoms with E-state index in [4.69, 9.17) is 11.5 Å². The number of nitrogens with zero attached hydrogens (tertiary/aromatic N) is 1. The normalized spacial score (nSPS) is 24.5. The molecule has 5 heteroatoms. The summed E-state index contributed by atoms with van der Waals surface area (Å²) in [4.78, 5) is 3.98. The number of aliphatic imine (C=N–C) groups is 1. The maximum Gasteiger partial charge on any atom is 0.213 e. The molecule has 1 unspecified atom stereocenters. The summed E-state index contributed by atoms with van der Waals surface area (Å²) in [5.74, 6) is -1.47. The Bertz CT molecular complexity index is 441. The van der Waals surface area contributed by atoms with Crippen molar-refractivity contribution in [2.45, 2.75) is 5.79 Å². The smallest absolute Gasteiger partial charge is 0.213 e. The predicted octanol–water partition coefficient (Wildman–Crippen LogP) is 0.369. The van der Waals surface area contributed by atoms with E-state index < -0.39 is 11.6 Å². The lowest BCUT2D eigenvalue weighted by atomic mass is 10.1. The molecule has 0 saturated carbocycles. The van der Waals surface area contributed by atoms with Gasteiger partial charge in [-0.05, 0) is 12.1 Å². The molecule has 1 aromatic rings. The minimum atomic E-state index is -1.32. The molecule has 1 atom stereocenters. The maximum absolute atomic E-state index is 13.5. The van der Waals surface area contributed by atoms with Crippen LogP contribution in [0, 0.1) is 5.82 Å². The second-order valence-corrected chi connectivity index (χ2v) is 3.26. The summed E-state index contributed by atoms with van der Waals surface area (Å²) in [6.07, 6.45) is 3.11. The van der Waals surface area contributed by atoms with Gasteiger partial charge in [0.2, 0.25) is 5.79 Å². The van der Waals surface area contributed by atoms with Crippen LogP contribution in [0.3, 0.4) is 0 Å². The molecule has 1 heterocycles. The zero-order valence-corrected chi connectivity index (χ0v) is 7.94. The van der Waals surface area contributed by atoms with Crippen LogP contribution in [0.5, 0.6) is 0 Å². The van der Waals surface area contributed by atoms with Gasteiger partial charge in [0.1, 0.15) is 11.7 Å². The van der Waals surface area contributed by atoms with Crippen LogP contribution >= 0.6 is 0 Å². The first-order valence-corrected chi connectivity index (χ1v) is 4.45. The summed E-state index contributed by atoms with van der Waals surface area (Å²) in [5.41, 5.74) is 11.7. The fraction of sp³-hybridized carbons (Fsp3) is 0.100. The number of hydrogen-bond donors (Lipinski definition) is 3. The standard InChI is InChI=1S/C10H11FN4/c11-8-4-2-1-3-7(8)10(13)14-6-5-9(12)15-10/h1-6,14H,13H2,(H2,12,15). The largest absolute Gasteiger partial charge is 0.384 e. The Morgan fingerprint density at radius 2 is 2.07 bits per heavy atom. The van der Waals surface area contributed by atoms with Gasteiger partial charge in [0.25, 0.3) is 0 Å². The average molecular weight is 206 g/mol. The molecule has 2 rings (SSSR count). The van der Waals surface area contributed by atoms with Crippen LogP contribution in [0.1, 0.15) is 5.56 Å². The molecule has 78 valence electrons. The van der Waals surface area contributed by atoms with Crippen molar-refractivity contribution in [2.75, 3.05) is 0 Å². The fourth-order valence-electron chi connectivity index (χ4n) is 1.44. The van der Waals surface area contributed by atoms with Crippen LogP contribution in [0.4, 0.5) is 4.39 Å². The third kappa shape index (κ3) is 1.69. The van der Waals surface area contributed by atoms with E-state index in [1.54, 1.807) is 30.5 Å². The number of benzene rings is 1. The second kappa shape index (κ2) is 3.36. The van der Waals surface area contributed by atoms with Crippen LogP contribution in [0.2, 0.25) is 0 Å². The molecule has 0 amide bonds. The molecule has 0 saturated heterocycles. The van der Waals surface area contributed by atoms with Gasteiger partial charge >= 0.3 is 0 Å². The number of hydrogen-bond acceptors (Lipinski definition) is 4. The fourth-order valence-corrected chi connectivity index (χ4v) is 1.44. The first-order chi connectivity index (χ1) is 7.12. The highest BCUT2D eigenvalue weighted by Gasteiger charge is 2.29. The Balaban J connectivity index is 2.47. The molecule has 0 bridgehead atoms. The molecule has 0 spiro atoms. The van der Waals surface area contributed by atoms with Gasteiger partial charge in [-0.1, -0.05) is 18.2 Å². The Hall–Kier alpha value is -1.88. The monoisotopic (exact) mass is 206 g/mol. The molecular weight excluding hydrogens is 195 g/mol. The summed E-state index contributed by atoms with van der Waals surface area (Å²) in [5, 5.41) is 2.77. The lowest BCUT2D eigenvalue weighted by Crippen LogP contribution is -2.50. The van der Waals surface area contributed by atoms with Crippen molar-refractivity contribution in [3.05, 3.63) is 47.9 Å². The van der Waals surface area contributed by atoms with E-state index in [2.05, 4.69) is 10.3 Å². The summed E-state index contributed by atoms with van der Waals surface area (Å²) >= 11 is 0. The van der Waals surface area contributed by atoms with Crippen molar-refractivity contribution in [1.82, 2.24) is 5.32 Å². The van der Waals surface area contributed by atoms with Crippen LogP contribution in [0.25, 0.3) is 0 Å². The van der Waals surface area contributed by atoms with Crippen molar-refractivity contribution in [1.29, 1.82) is 0 Å². The van der Waals surface area contributed by atoms with Crippen molar-refractivity contribution in [3.63, 3.8) is 0 Å². The summed E-state index contributed by atoms with van der Waals surface area (Å²) in [6, 6.07) is 6.18. The van der Waals surface area contributed by atoms with Crippen LogP contribution in [0.15, 0.2) is 41.5 Å². The van der Waals surface area contributed by atoms with Gasteiger partial charge in [0.05, 0.1) is 5.56 Å². The SMILES string of the molecule is NC1=NC(N)(c2ccccc2F)NC=C1. The zero-order valence-electron chi connectivity index (χ0n) is 7.94. The second-order valence-electron chi connectivity index (χ2n) is 3.26. The zero-order chi connectivity index (χ0) is 10.9. The van der Waals surface area contributed by atoms with Gasteiger partial charge in [-0.2, -0.15) is 0 Å². The number of amidine groups is 1. The highest BCUT2D eigenvalue weighted by atomic mass is 19.1. The minimum Gasteiger partial charge on any atom is -0.384 e. The minimum absolute atomic E-state index is 0.261. The molecule has 0 radical (unpaired) electrons. The van der Waals surface area contributed by atoms with E-state index in [0.29, 0.717) is 0 Å². The molecule has 4 nitrogen and oxygen atoms in total. The number of nitrogens with two attached hydrogens (primary N) is 2. The van der Waals surface area contributed by atoms with Crippen LogP contribution < -0.4 is 16.8 Å². The Labute approximate surface area is 86.5 Å². The van der Waals surface area contributed by atoms with Crippen LogP contribution in [-0.2, 0) is 5.79 Å². The van der Waals surface area contributed by atoms with Gasteiger partial charge in [0, 0.05) is 6.20 Å². The number of halogens is 1. The van der Waals surface area contributed by atoms with Crippen molar-refractivity contribution in [2.24, 2.45) is 16.5 Å². The van der Waals surface area contributed by atoms with E-state index >= 15 is 0 Å². The average Bonchev–Trinajstić information content (AvgIpc) is 2.17. The lowest BCUT2D eigenvalue weighted by molar-refractivity contribution is 0.389. The molecule has 1 aliphatic rings. The van der Waals surface area contributed by atoms with Gasteiger partial charge in [0.15, 0.2) is 0 Å². The maximum atomic E-state index is 13.5. The predicted molar refractivity (Wildman–Crippen MR) is 56.2 cm³/mol. The number of rotatable bonds is 1. The van der Waals surface area contributed by atoms with E-state index in [-0.39, 0.29) is 11.4 Å². The van der Waals surface area contributed by atoms with Crippen LogP contribution in [-0.4, -0.2) is 5.84 Å².